The Kier molecular flexibility index (Phi) is 6.55. The van der Waals surface area contributed by atoms with Crippen molar-refractivity contribution in [3.63, 3.8) is 0 Å². The summed E-state index contributed by atoms with van der Waals surface area (Å²) in [7, 11) is -0.418. The molecular formula is C29H30F2N6O3S. The first-order valence-electron chi connectivity index (χ1n) is 13.4. The van der Waals surface area contributed by atoms with Gasteiger partial charge >= 0.3 is 0 Å². The lowest BCUT2D eigenvalue weighted by Crippen LogP contribution is -2.24. The molecule has 0 spiro atoms. The largest absolute Gasteiger partial charge is 0.480 e. The minimum Gasteiger partial charge on any atom is -0.480 e. The van der Waals surface area contributed by atoms with E-state index >= 15 is 0 Å². The Balaban J connectivity index is 1.62. The van der Waals surface area contributed by atoms with Crippen LogP contribution in [-0.4, -0.2) is 57.2 Å². The van der Waals surface area contributed by atoms with Gasteiger partial charge in [0.1, 0.15) is 10.4 Å². The second-order valence-corrected chi connectivity index (χ2v) is 12.8. The second kappa shape index (κ2) is 9.86. The number of aryl methyl sites for hydroxylation is 2. The van der Waals surface area contributed by atoms with Crippen LogP contribution in [0.5, 0.6) is 5.88 Å². The summed E-state index contributed by atoms with van der Waals surface area (Å²) >= 11 is 0. The van der Waals surface area contributed by atoms with E-state index in [2.05, 4.69) is 15.3 Å². The number of hydrogen-bond acceptors (Lipinski definition) is 7. The Bertz CT molecular complexity index is 1890. The van der Waals surface area contributed by atoms with Crippen LogP contribution >= 0.6 is 0 Å². The van der Waals surface area contributed by atoms with E-state index in [1.807, 2.05) is 41.8 Å². The van der Waals surface area contributed by atoms with Crippen molar-refractivity contribution in [3.05, 3.63) is 59.5 Å². The fraction of sp³-hybridized carbons (Fsp3) is 0.379. The highest BCUT2D eigenvalue weighted by Gasteiger charge is 2.36. The molecule has 0 radical (unpaired) electrons. The fourth-order valence-electron chi connectivity index (χ4n) is 6.09. The van der Waals surface area contributed by atoms with Crippen LogP contribution in [0.2, 0.25) is 0 Å². The number of alkyl halides is 2. The first-order valence-corrected chi connectivity index (χ1v) is 15.2. The van der Waals surface area contributed by atoms with Gasteiger partial charge in [-0.2, -0.15) is 0 Å². The lowest BCUT2D eigenvalue weighted by Gasteiger charge is -2.30. The van der Waals surface area contributed by atoms with E-state index in [1.165, 1.54) is 13.3 Å². The van der Waals surface area contributed by atoms with Gasteiger partial charge in [0.2, 0.25) is 11.8 Å². The molecule has 0 saturated heterocycles. The van der Waals surface area contributed by atoms with E-state index in [0.717, 1.165) is 34.3 Å². The number of rotatable bonds is 6. The number of sulfone groups is 1. The minimum atomic E-state index is -3.70. The molecule has 4 aromatic heterocycles. The zero-order valence-electron chi connectivity index (χ0n) is 23.2. The van der Waals surface area contributed by atoms with Crippen molar-refractivity contribution in [1.82, 2.24) is 29.5 Å². The number of hydrogen-bond donors (Lipinski definition) is 0. The Morgan fingerprint density at radius 2 is 1.85 bits per heavy atom. The van der Waals surface area contributed by atoms with E-state index < -0.39 is 15.8 Å². The number of benzene rings is 1. The maximum absolute atomic E-state index is 14.0. The fourth-order valence-corrected chi connectivity index (χ4v) is 6.90. The molecular weight excluding hydrogens is 550 g/mol. The van der Waals surface area contributed by atoms with Gasteiger partial charge in [-0.3, -0.25) is 4.98 Å². The molecule has 0 amide bonds. The number of fused-ring (bicyclic) bond motifs is 3. The van der Waals surface area contributed by atoms with Gasteiger partial charge in [-0.25, -0.2) is 26.9 Å². The first kappa shape index (κ1) is 27.3. The summed E-state index contributed by atoms with van der Waals surface area (Å²) in [4.78, 5) is 9.16. The van der Waals surface area contributed by atoms with Gasteiger partial charge in [-0.05, 0) is 42.9 Å². The van der Waals surface area contributed by atoms with Gasteiger partial charge in [-0.1, -0.05) is 29.5 Å². The van der Waals surface area contributed by atoms with Crippen LogP contribution in [0, 0.1) is 6.92 Å². The molecule has 0 N–H and O–H groups in total. The van der Waals surface area contributed by atoms with Gasteiger partial charge in [0, 0.05) is 44.5 Å². The molecule has 1 saturated carbocycles. The summed E-state index contributed by atoms with van der Waals surface area (Å²) in [6, 6.07) is 9.75. The molecule has 0 unspecified atom stereocenters. The average molecular weight is 581 g/mol. The predicted octanol–water partition coefficient (Wildman–Crippen LogP) is 5.44. The molecule has 5 aromatic rings. The van der Waals surface area contributed by atoms with Crippen molar-refractivity contribution in [2.45, 2.75) is 55.9 Å². The quantitative estimate of drug-likeness (QED) is 0.263. The van der Waals surface area contributed by atoms with Crippen LogP contribution in [0.1, 0.15) is 48.4 Å². The molecule has 0 atom stereocenters. The standard InChI is InChI=1S/C29H30F2N6O3S/c1-17-26(36(2)35-34-17)20-13-22-25(32-14-20)24-27(23(41(4,38)39)15-33-28(24)40-3)37(22)16-19-7-5-6-8-21(19)18-9-11-29(30,31)12-10-18/h5-8,13-15,18H,9-12,16H2,1-4H3. The third-order valence-corrected chi connectivity index (χ3v) is 9.15. The number of pyridine rings is 2. The van der Waals surface area contributed by atoms with Crippen molar-refractivity contribution < 1.29 is 21.9 Å². The topological polar surface area (TPSA) is 105 Å². The number of aromatic nitrogens is 6. The Labute approximate surface area is 236 Å². The van der Waals surface area contributed by atoms with Crippen LogP contribution in [0.15, 0.2) is 47.6 Å². The summed E-state index contributed by atoms with van der Waals surface area (Å²) in [6.45, 7) is 2.16. The number of halogens is 2. The van der Waals surface area contributed by atoms with Crippen LogP contribution in [-0.2, 0) is 23.4 Å². The van der Waals surface area contributed by atoms with Gasteiger partial charge in [0.25, 0.3) is 0 Å². The summed E-state index contributed by atoms with van der Waals surface area (Å²) in [6.07, 6.45) is 4.67. The normalized spacial score (nSPS) is 16.0. The van der Waals surface area contributed by atoms with E-state index in [4.69, 9.17) is 9.72 Å². The van der Waals surface area contributed by atoms with E-state index in [1.54, 1.807) is 17.9 Å². The lowest BCUT2D eigenvalue weighted by molar-refractivity contribution is -0.0382. The minimum absolute atomic E-state index is 0.0126. The molecule has 9 nitrogen and oxygen atoms in total. The molecule has 12 heteroatoms. The van der Waals surface area contributed by atoms with Crippen molar-refractivity contribution in [2.75, 3.05) is 13.4 Å². The molecule has 0 aliphatic heterocycles. The zero-order chi connectivity index (χ0) is 29.1. The van der Waals surface area contributed by atoms with E-state index in [0.29, 0.717) is 41.3 Å². The van der Waals surface area contributed by atoms with Crippen molar-refractivity contribution in [3.8, 4) is 17.1 Å². The maximum atomic E-state index is 14.0. The van der Waals surface area contributed by atoms with Crippen LogP contribution < -0.4 is 4.74 Å². The highest BCUT2D eigenvalue weighted by atomic mass is 32.2. The lowest BCUT2D eigenvalue weighted by atomic mass is 9.80. The number of methoxy groups -OCH3 is 1. The highest BCUT2D eigenvalue weighted by molar-refractivity contribution is 7.91. The monoisotopic (exact) mass is 580 g/mol. The van der Waals surface area contributed by atoms with E-state index in [-0.39, 0.29) is 29.5 Å². The Morgan fingerprint density at radius 1 is 1.12 bits per heavy atom. The van der Waals surface area contributed by atoms with Gasteiger partial charge in [0.15, 0.2) is 9.84 Å². The number of ether oxygens (including phenoxy) is 1. The summed E-state index contributed by atoms with van der Waals surface area (Å²) in [5.74, 6) is -2.38. The smallest absolute Gasteiger partial charge is 0.248 e. The molecule has 214 valence electrons. The molecule has 0 bridgehead atoms. The summed E-state index contributed by atoms with van der Waals surface area (Å²) in [5, 5.41) is 8.78. The second-order valence-electron chi connectivity index (χ2n) is 10.8. The van der Waals surface area contributed by atoms with Crippen molar-refractivity contribution in [2.24, 2.45) is 7.05 Å². The summed E-state index contributed by atoms with van der Waals surface area (Å²) < 4.78 is 63.3. The van der Waals surface area contributed by atoms with Gasteiger partial charge in [-0.15, -0.1) is 5.10 Å². The molecule has 1 fully saturated rings. The van der Waals surface area contributed by atoms with Crippen molar-refractivity contribution in [1.29, 1.82) is 0 Å². The van der Waals surface area contributed by atoms with Crippen LogP contribution in [0.3, 0.4) is 0 Å². The first-order chi connectivity index (χ1) is 19.5. The Morgan fingerprint density at radius 3 is 2.51 bits per heavy atom. The van der Waals surface area contributed by atoms with Gasteiger partial charge < -0.3 is 9.30 Å². The predicted molar refractivity (Wildman–Crippen MR) is 151 cm³/mol. The molecule has 1 aromatic carbocycles. The molecule has 6 rings (SSSR count). The molecule has 41 heavy (non-hydrogen) atoms. The van der Waals surface area contributed by atoms with Crippen molar-refractivity contribution >= 4 is 31.8 Å². The molecule has 1 aliphatic carbocycles. The third kappa shape index (κ3) is 4.73. The van der Waals surface area contributed by atoms with Crippen LogP contribution in [0.4, 0.5) is 8.78 Å². The Hall–Kier alpha value is -3.93. The zero-order valence-corrected chi connectivity index (χ0v) is 24.0. The third-order valence-electron chi connectivity index (χ3n) is 8.05. The molecule has 1 aliphatic rings. The SMILES string of the molecule is COc1ncc(S(C)(=O)=O)c2c1c1ncc(-c3c(C)nnn3C)cc1n2Cc1ccccc1C1CCC(F)(F)CC1. The van der Waals surface area contributed by atoms with E-state index in [9.17, 15) is 17.2 Å². The molecule has 4 heterocycles. The highest BCUT2D eigenvalue weighted by Crippen LogP contribution is 2.43. The van der Waals surface area contributed by atoms with Crippen LogP contribution in [0.25, 0.3) is 33.2 Å². The van der Waals surface area contributed by atoms with Gasteiger partial charge in [0.05, 0.1) is 41.1 Å². The summed E-state index contributed by atoms with van der Waals surface area (Å²) in [5.41, 5.74) is 5.86. The maximum Gasteiger partial charge on any atom is 0.248 e. The average Bonchev–Trinajstić information content (AvgIpc) is 3.44. The number of nitrogens with zero attached hydrogens (tertiary/aromatic N) is 6.